The lowest BCUT2D eigenvalue weighted by molar-refractivity contribution is -0.138. The van der Waals surface area contributed by atoms with Crippen LogP contribution in [-0.4, -0.2) is 19.7 Å². The number of allylic oxidation sites excluding steroid dienone is 1. The number of nitrogens with zero attached hydrogens (tertiary/aromatic N) is 1. The standard InChI is InChI=1S/C22H18Br2N2O4/c1-3-29-22(27)18-17(14-9-13(23)10-16(24)20(14)28-2)15(11-25)21(26)30-19(18)12-7-5-4-6-8-12/h4-10,17H,3,26H2,1-2H3. The molecule has 0 saturated carbocycles. The summed E-state index contributed by atoms with van der Waals surface area (Å²) in [5, 5.41) is 9.87. The largest absolute Gasteiger partial charge is 0.495 e. The Bertz CT molecular complexity index is 1090. The minimum Gasteiger partial charge on any atom is -0.495 e. The number of methoxy groups -OCH3 is 1. The molecule has 30 heavy (non-hydrogen) atoms. The van der Waals surface area contributed by atoms with Gasteiger partial charge in [0.1, 0.15) is 23.2 Å². The first kappa shape index (κ1) is 21.9. The fraction of sp³-hybridized carbons (Fsp3) is 0.182. The number of benzene rings is 2. The molecule has 0 aliphatic carbocycles. The SMILES string of the molecule is CCOC(=O)C1=C(c2ccccc2)OC(N)=C(C#N)C1c1cc(Br)cc(Br)c1OC. The van der Waals surface area contributed by atoms with Crippen LogP contribution in [0.4, 0.5) is 0 Å². The molecule has 8 heteroatoms. The molecule has 154 valence electrons. The van der Waals surface area contributed by atoms with Crippen molar-refractivity contribution in [2.24, 2.45) is 5.73 Å². The van der Waals surface area contributed by atoms with Gasteiger partial charge in [-0.05, 0) is 35.0 Å². The molecule has 0 bridgehead atoms. The molecule has 2 N–H and O–H groups in total. The van der Waals surface area contributed by atoms with Crippen molar-refractivity contribution in [2.75, 3.05) is 13.7 Å². The van der Waals surface area contributed by atoms with Crippen molar-refractivity contribution in [1.29, 1.82) is 5.26 Å². The first-order valence-corrected chi connectivity index (χ1v) is 10.6. The van der Waals surface area contributed by atoms with E-state index in [0.29, 0.717) is 21.3 Å². The Balaban J connectivity index is 2.38. The van der Waals surface area contributed by atoms with E-state index in [-0.39, 0.29) is 29.4 Å². The van der Waals surface area contributed by atoms with Gasteiger partial charge in [-0.2, -0.15) is 5.26 Å². The fourth-order valence-electron chi connectivity index (χ4n) is 3.30. The molecule has 1 unspecified atom stereocenters. The van der Waals surface area contributed by atoms with Crippen molar-refractivity contribution < 1.29 is 19.0 Å². The van der Waals surface area contributed by atoms with Crippen LogP contribution < -0.4 is 10.5 Å². The molecule has 3 rings (SSSR count). The summed E-state index contributed by atoms with van der Waals surface area (Å²) in [5.74, 6) is -0.803. The van der Waals surface area contributed by atoms with Crippen molar-refractivity contribution in [3.8, 4) is 11.8 Å². The summed E-state index contributed by atoms with van der Waals surface area (Å²) < 4.78 is 18.1. The Morgan fingerprint density at radius 2 is 1.97 bits per heavy atom. The maximum atomic E-state index is 13.1. The number of hydrogen-bond acceptors (Lipinski definition) is 6. The van der Waals surface area contributed by atoms with Gasteiger partial charge < -0.3 is 19.9 Å². The summed E-state index contributed by atoms with van der Waals surface area (Å²) in [6, 6.07) is 14.8. The van der Waals surface area contributed by atoms with Gasteiger partial charge in [-0.25, -0.2) is 4.79 Å². The Hall–Kier alpha value is -2.76. The van der Waals surface area contributed by atoms with E-state index in [4.69, 9.17) is 19.9 Å². The maximum absolute atomic E-state index is 13.1. The van der Waals surface area contributed by atoms with Gasteiger partial charge in [-0.15, -0.1) is 0 Å². The minimum atomic E-state index is -0.846. The summed E-state index contributed by atoms with van der Waals surface area (Å²) in [6.07, 6.45) is 0. The van der Waals surface area contributed by atoms with E-state index in [1.54, 1.807) is 25.1 Å². The van der Waals surface area contributed by atoms with E-state index in [2.05, 4.69) is 37.9 Å². The van der Waals surface area contributed by atoms with Crippen LogP contribution in [0.1, 0.15) is 24.0 Å². The molecule has 6 nitrogen and oxygen atoms in total. The van der Waals surface area contributed by atoms with Crippen LogP contribution >= 0.6 is 31.9 Å². The van der Waals surface area contributed by atoms with Gasteiger partial charge in [-0.1, -0.05) is 46.3 Å². The van der Waals surface area contributed by atoms with E-state index >= 15 is 0 Å². The summed E-state index contributed by atoms with van der Waals surface area (Å²) in [5.41, 5.74) is 7.61. The molecule has 1 aliphatic rings. The van der Waals surface area contributed by atoms with Crippen LogP contribution in [0.5, 0.6) is 5.75 Å². The van der Waals surface area contributed by atoms with E-state index in [9.17, 15) is 10.1 Å². The number of rotatable bonds is 5. The zero-order valence-corrected chi connectivity index (χ0v) is 19.4. The predicted molar refractivity (Wildman–Crippen MR) is 119 cm³/mol. The first-order chi connectivity index (χ1) is 14.4. The van der Waals surface area contributed by atoms with E-state index in [1.807, 2.05) is 24.3 Å². The monoisotopic (exact) mass is 532 g/mol. The van der Waals surface area contributed by atoms with Gasteiger partial charge in [0, 0.05) is 15.6 Å². The molecule has 0 aromatic heterocycles. The highest BCUT2D eigenvalue weighted by atomic mass is 79.9. The number of halogens is 2. The molecule has 1 aliphatic heterocycles. The lowest BCUT2D eigenvalue weighted by Crippen LogP contribution is -2.26. The van der Waals surface area contributed by atoms with Crippen molar-refractivity contribution >= 4 is 43.6 Å². The average Bonchev–Trinajstić information content (AvgIpc) is 2.73. The highest BCUT2D eigenvalue weighted by Crippen LogP contribution is 2.48. The van der Waals surface area contributed by atoms with Gasteiger partial charge in [0.25, 0.3) is 0 Å². The van der Waals surface area contributed by atoms with Crippen LogP contribution in [0.15, 0.2) is 68.4 Å². The number of carbonyl (C=O) groups is 1. The zero-order chi connectivity index (χ0) is 21.8. The van der Waals surface area contributed by atoms with E-state index in [0.717, 1.165) is 4.47 Å². The third-order valence-corrected chi connectivity index (χ3v) is 5.55. The van der Waals surface area contributed by atoms with Gasteiger partial charge in [0.15, 0.2) is 0 Å². The van der Waals surface area contributed by atoms with Crippen LogP contribution in [0.25, 0.3) is 5.76 Å². The predicted octanol–water partition coefficient (Wildman–Crippen LogP) is 5.00. The maximum Gasteiger partial charge on any atom is 0.338 e. The Morgan fingerprint density at radius 3 is 2.57 bits per heavy atom. The smallest absolute Gasteiger partial charge is 0.338 e. The summed E-state index contributed by atoms with van der Waals surface area (Å²) in [7, 11) is 1.52. The second kappa shape index (κ2) is 9.37. The third kappa shape index (κ3) is 4.09. The van der Waals surface area contributed by atoms with Crippen LogP contribution in [0.2, 0.25) is 0 Å². The van der Waals surface area contributed by atoms with Gasteiger partial charge in [0.05, 0.1) is 29.7 Å². The van der Waals surface area contributed by atoms with Crippen LogP contribution in [0.3, 0.4) is 0 Å². The van der Waals surface area contributed by atoms with Gasteiger partial charge in [-0.3, -0.25) is 0 Å². The highest BCUT2D eigenvalue weighted by Gasteiger charge is 2.40. The first-order valence-electron chi connectivity index (χ1n) is 9.00. The number of hydrogen-bond donors (Lipinski definition) is 1. The highest BCUT2D eigenvalue weighted by molar-refractivity contribution is 9.11. The fourth-order valence-corrected chi connectivity index (χ4v) is 4.72. The number of carbonyl (C=O) groups excluding carboxylic acids is 1. The van der Waals surface area contributed by atoms with Crippen LogP contribution in [0, 0.1) is 11.3 Å². The number of ether oxygens (including phenoxy) is 3. The zero-order valence-electron chi connectivity index (χ0n) is 16.2. The van der Waals surface area contributed by atoms with Crippen molar-refractivity contribution in [2.45, 2.75) is 12.8 Å². The molecular weight excluding hydrogens is 516 g/mol. The Morgan fingerprint density at radius 1 is 1.27 bits per heavy atom. The summed E-state index contributed by atoms with van der Waals surface area (Å²) in [4.78, 5) is 13.1. The summed E-state index contributed by atoms with van der Waals surface area (Å²) in [6.45, 7) is 1.88. The lowest BCUT2D eigenvalue weighted by Gasteiger charge is -2.29. The number of nitrogens with two attached hydrogens (primary N) is 1. The quantitative estimate of drug-likeness (QED) is 0.543. The number of nitriles is 1. The third-order valence-electron chi connectivity index (χ3n) is 4.50. The molecule has 2 aromatic carbocycles. The van der Waals surface area contributed by atoms with Crippen LogP contribution in [-0.2, 0) is 14.3 Å². The molecule has 0 fully saturated rings. The molecular formula is C22H18Br2N2O4. The Labute approximate surface area is 191 Å². The number of esters is 1. The van der Waals surface area contributed by atoms with Gasteiger partial charge >= 0.3 is 5.97 Å². The van der Waals surface area contributed by atoms with E-state index in [1.165, 1.54) is 7.11 Å². The van der Waals surface area contributed by atoms with Crippen molar-refractivity contribution in [1.82, 2.24) is 0 Å². The second-order valence-corrected chi connectivity index (χ2v) is 8.03. The molecule has 0 saturated heterocycles. The normalized spacial score (nSPS) is 16.0. The second-order valence-electron chi connectivity index (χ2n) is 6.26. The summed E-state index contributed by atoms with van der Waals surface area (Å²) >= 11 is 6.95. The average molecular weight is 534 g/mol. The molecule has 1 atom stereocenters. The minimum absolute atomic E-state index is 0.0763. The van der Waals surface area contributed by atoms with Gasteiger partial charge in [0.2, 0.25) is 5.88 Å². The lowest BCUT2D eigenvalue weighted by atomic mass is 9.81. The van der Waals surface area contributed by atoms with Crippen molar-refractivity contribution in [3.05, 3.63) is 79.6 Å². The molecule has 2 aromatic rings. The molecule has 0 amide bonds. The van der Waals surface area contributed by atoms with E-state index < -0.39 is 11.9 Å². The molecule has 0 radical (unpaired) electrons. The molecule has 0 spiro atoms. The topological polar surface area (TPSA) is 94.6 Å². The Kier molecular flexibility index (Phi) is 6.85. The molecule has 1 heterocycles. The van der Waals surface area contributed by atoms with Crippen molar-refractivity contribution in [3.63, 3.8) is 0 Å².